The third-order valence-electron chi connectivity index (χ3n) is 3.98. The lowest BCUT2D eigenvalue weighted by Crippen LogP contribution is -2.37. The average molecular weight is 384 g/mol. The molecule has 7 heteroatoms. The second-order valence-corrected chi connectivity index (χ2v) is 7.78. The number of halogens is 1. The molecule has 2 aromatic rings. The molecule has 0 radical (unpaired) electrons. The summed E-state index contributed by atoms with van der Waals surface area (Å²) in [4.78, 5) is -0.0666. The second-order valence-electron chi connectivity index (χ2n) is 5.95. The van der Waals surface area contributed by atoms with Crippen LogP contribution in [0.5, 0.6) is 0 Å². The van der Waals surface area contributed by atoms with Crippen molar-refractivity contribution in [1.29, 1.82) is 0 Å². The highest BCUT2D eigenvalue weighted by molar-refractivity contribution is 7.85. The molecule has 0 spiro atoms. The van der Waals surface area contributed by atoms with E-state index >= 15 is 0 Å². The molecule has 1 fully saturated rings. The minimum Gasteiger partial charge on any atom is -0.391 e. The van der Waals surface area contributed by atoms with Gasteiger partial charge in [0.1, 0.15) is 0 Å². The smallest absolute Gasteiger partial charge is 0.294 e. The van der Waals surface area contributed by atoms with Crippen molar-refractivity contribution < 1.29 is 18.1 Å². The molecule has 136 valence electrons. The van der Waals surface area contributed by atoms with Gasteiger partial charge in [-0.2, -0.15) is 8.42 Å². The molecule has 2 atom stereocenters. The van der Waals surface area contributed by atoms with Gasteiger partial charge in [-0.15, -0.1) is 0 Å². The van der Waals surface area contributed by atoms with Crippen molar-refractivity contribution in [2.24, 2.45) is 0 Å². The third kappa shape index (κ3) is 5.80. The van der Waals surface area contributed by atoms with Gasteiger partial charge in [0.2, 0.25) is 0 Å². The lowest BCUT2D eigenvalue weighted by atomic mass is 9.95. The van der Waals surface area contributed by atoms with Gasteiger partial charge < -0.3 is 10.4 Å². The maximum Gasteiger partial charge on any atom is 0.294 e. The summed E-state index contributed by atoms with van der Waals surface area (Å²) in [6.45, 7) is 2.79. The summed E-state index contributed by atoms with van der Waals surface area (Å²) in [7, 11) is -4.02. The van der Waals surface area contributed by atoms with Gasteiger partial charge in [-0.05, 0) is 50.1 Å². The first-order chi connectivity index (χ1) is 11.8. The van der Waals surface area contributed by atoms with Gasteiger partial charge in [-0.25, -0.2) is 0 Å². The van der Waals surface area contributed by atoms with Crippen molar-refractivity contribution in [3.05, 3.63) is 64.7 Å². The Balaban J connectivity index is 0.000000186. The number of hydrogen-bond acceptors (Lipinski definition) is 4. The van der Waals surface area contributed by atoms with Gasteiger partial charge in [0.15, 0.2) is 0 Å². The number of aliphatic hydroxyl groups excluding tert-OH is 1. The van der Waals surface area contributed by atoms with Crippen LogP contribution in [0.25, 0.3) is 0 Å². The van der Waals surface area contributed by atoms with Crippen LogP contribution in [-0.2, 0) is 10.1 Å². The molecule has 25 heavy (non-hydrogen) atoms. The Morgan fingerprint density at radius 2 is 1.76 bits per heavy atom. The number of benzene rings is 2. The zero-order valence-corrected chi connectivity index (χ0v) is 15.5. The summed E-state index contributed by atoms with van der Waals surface area (Å²) < 4.78 is 29.6. The predicted molar refractivity (Wildman–Crippen MR) is 98.4 cm³/mol. The zero-order valence-electron chi connectivity index (χ0n) is 13.9. The fraction of sp³-hybridized carbons (Fsp3) is 0.333. The van der Waals surface area contributed by atoms with Crippen LogP contribution in [0, 0.1) is 6.92 Å². The highest BCUT2D eigenvalue weighted by atomic mass is 35.5. The topological polar surface area (TPSA) is 86.6 Å². The van der Waals surface area contributed by atoms with Crippen LogP contribution in [0.2, 0.25) is 5.02 Å². The zero-order chi connectivity index (χ0) is 18.4. The van der Waals surface area contributed by atoms with Crippen LogP contribution in [-0.4, -0.2) is 30.7 Å². The molecule has 1 aliphatic heterocycles. The standard InChI is InChI=1S/C11H14ClNO.C7H8O3S/c12-9-5-2-1-4-8(9)11-10(14)6-3-7-13-11;1-6-2-4-7(5-3-6)11(8,9)10/h1-2,4-5,10-11,13-14H,3,6-7H2;2-5H,1H3,(H,8,9,10)/t10-,11-;/m0./s1. The molecule has 2 aromatic carbocycles. The van der Waals surface area contributed by atoms with E-state index in [1.165, 1.54) is 12.1 Å². The summed E-state index contributed by atoms with van der Waals surface area (Å²) >= 11 is 6.07. The Kier molecular flexibility index (Phi) is 6.98. The van der Waals surface area contributed by atoms with E-state index < -0.39 is 10.1 Å². The van der Waals surface area contributed by atoms with Crippen molar-refractivity contribution >= 4 is 21.7 Å². The van der Waals surface area contributed by atoms with Crippen LogP contribution in [0.3, 0.4) is 0 Å². The Morgan fingerprint density at radius 3 is 2.32 bits per heavy atom. The molecule has 0 aliphatic carbocycles. The number of aliphatic hydroxyl groups is 1. The first-order valence-corrected chi connectivity index (χ1v) is 9.81. The summed E-state index contributed by atoms with van der Waals surface area (Å²) in [5.41, 5.74) is 1.96. The summed E-state index contributed by atoms with van der Waals surface area (Å²) in [5.74, 6) is 0. The van der Waals surface area contributed by atoms with E-state index in [4.69, 9.17) is 16.2 Å². The molecule has 1 aliphatic rings. The summed E-state index contributed by atoms with van der Waals surface area (Å²) in [5, 5.41) is 13.8. The Bertz CT molecular complexity index is 793. The van der Waals surface area contributed by atoms with E-state index in [9.17, 15) is 13.5 Å². The van der Waals surface area contributed by atoms with Crippen LogP contribution >= 0.6 is 11.6 Å². The van der Waals surface area contributed by atoms with E-state index in [0.717, 1.165) is 35.5 Å². The molecule has 0 amide bonds. The summed E-state index contributed by atoms with van der Waals surface area (Å²) in [6.07, 6.45) is 1.56. The molecule has 0 saturated carbocycles. The van der Waals surface area contributed by atoms with Crippen molar-refractivity contribution in [2.45, 2.75) is 36.8 Å². The SMILES string of the molecule is Cc1ccc(S(=O)(=O)O)cc1.O[C@H]1CCCN[C@H]1c1ccccc1Cl. The highest BCUT2D eigenvalue weighted by Gasteiger charge is 2.25. The maximum absolute atomic E-state index is 10.5. The van der Waals surface area contributed by atoms with Crippen LogP contribution in [0.4, 0.5) is 0 Å². The number of rotatable bonds is 2. The fourth-order valence-corrected chi connectivity index (χ4v) is 3.36. The summed E-state index contributed by atoms with van der Waals surface area (Å²) in [6, 6.07) is 13.7. The van der Waals surface area contributed by atoms with Crippen molar-refractivity contribution in [3.8, 4) is 0 Å². The Morgan fingerprint density at radius 1 is 1.12 bits per heavy atom. The van der Waals surface area contributed by atoms with Crippen molar-refractivity contribution in [1.82, 2.24) is 5.32 Å². The number of nitrogens with one attached hydrogen (secondary N) is 1. The third-order valence-corrected chi connectivity index (χ3v) is 5.20. The van der Waals surface area contributed by atoms with Crippen LogP contribution in [0.1, 0.15) is 30.0 Å². The molecule has 1 saturated heterocycles. The molecule has 3 N–H and O–H groups in total. The molecular weight excluding hydrogens is 362 g/mol. The largest absolute Gasteiger partial charge is 0.391 e. The number of piperidine rings is 1. The first kappa shape index (κ1) is 19.9. The lowest BCUT2D eigenvalue weighted by molar-refractivity contribution is 0.0966. The van der Waals surface area contributed by atoms with Gasteiger partial charge in [0.05, 0.1) is 17.0 Å². The van der Waals surface area contributed by atoms with Crippen molar-refractivity contribution in [3.63, 3.8) is 0 Å². The highest BCUT2D eigenvalue weighted by Crippen LogP contribution is 2.28. The number of aryl methyl sites for hydroxylation is 1. The monoisotopic (exact) mass is 383 g/mol. The molecule has 0 unspecified atom stereocenters. The van der Waals surface area contributed by atoms with Crippen LogP contribution in [0.15, 0.2) is 53.4 Å². The minimum absolute atomic E-state index is 0.00236. The number of hydrogen-bond donors (Lipinski definition) is 3. The Labute approximate surface area is 153 Å². The van der Waals surface area contributed by atoms with E-state index in [1.54, 1.807) is 12.1 Å². The molecule has 3 rings (SSSR count). The Hall–Kier alpha value is -1.44. The normalized spacial score (nSPS) is 20.5. The van der Waals surface area contributed by atoms with E-state index in [0.29, 0.717) is 0 Å². The van der Waals surface area contributed by atoms with Gasteiger partial charge in [0, 0.05) is 5.02 Å². The quantitative estimate of drug-likeness (QED) is 0.692. The molecule has 0 bridgehead atoms. The molecule has 0 aromatic heterocycles. The van der Waals surface area contributed by atoms with E-state index in [2.05, 4.69) is 5.32 Å². The predicted octanol–water partition coefficient (Wildman–Crippen LogP) is 3.37. The van der Waals surface area contributed by atoms with Gasteiger partial charge >= 0.3 is 0 Å². The molecule has 5 nitrogen and oxygen atoms in total. The first-order valence-electron chi connectivity index (χ1n) is 7.99. The van der Waals surface area contributed by atoms with E-state index in [-0.39, 0.29) is 17.0 Å². The van der Waals surface area contributed by atoms with Gasteiger partial charge in [-0.3, -0.25) is 4.55 Å². The average Bonchev–Trinajstić information content (AvgIpc) is 2.56. The van der Waals surface area contributed by atoms with E-state index in [1.807, 2.05) is 31.2 Å². The van der Waals surface area contributed by atoms with Crippen molar-refractivity contribution in [2.75, 3.05) is 6.54 Å². The van der Waals surface area contributed by atoms with Crippen LogP contribution < -0.4 is 5.32 Å². The fourth-order valence-electron chi connectivity index (χ4n) is 2.63. The molecule has 1 heterocycles. The minimum atomic E-state index is -4.02. The lowest BCUT2D eigenvalue weighted by Gasteiger charge is -2.29. The van der Waals surface area contributed by atoms with Gasteiger partial charge in [0.25, 0.3) is 10.1 Å². The second kappa shape index (κ2) is 8.78. The maximum atomic E-state index is 10.5. The molecular formula is C18H22ClNO4S. The van der Waals surface area contributed by atoms with Gasteiger partial charge in [-0.1, -0.05) is 47.5 Å².